The Bertz CT molecular complexity index is 237. The van der Waals surface area contributed by atoms with Crippen molar-refractivity contribution in [3.63, 3.8) is 0 Å². The molecular formula is C8H12O8S4Sr2. The molecule has 0 radical (unpaired) electrons. The van der Waals surface area contributed by atoms with E-state index in [0.29, 0.717) is 0 Å². The number of hydrogen-bond acceptors (Lipinski definition) is 12. The Balaban J connectivity index is -0.0000000376. The Hall–Kier alpha value is 2.24. The van der Waals surface area contributed by atoms with Crippen LogP contribution in [0, 0.1) is 0 Å². The molecule has 0 amide bonds. The van der Waals surface area contributed by atoms with Crippen LogP contribution >= 0.6 is 50.5 Å². The Kier molecular flexibility index (Phi) is 61.8. The molecule has 0 aromatic rings. The molecule has 0 unspecified atom stereocenters. The Labute approximate surface area is 224 Å². The minimum Gasteiger partial charge on any atom is -0.549 e. The summed E-state index contributed by atoms with van der Waals surface area (Å²) in [5.74, 6) is -5.30. The van der Waals surface area contributed by atoms with E-state index in [1.807, 2.05) is 0 Å². The van der Waals surface area contributed by atoms with Crippen molar-refractivity contribution < 1.29 is 39.6 Å². The van der Waals surface area contributed by atoms with Crippen LogP contribution in [0.1, 0.15) is 0 Å². The summed E-state index contributed by atoms with van der Waals surface area (Å²) in [6.45, 7) is 0. The van der Waals surface area contributed by atoms with Crippen LogP contribution in [0.3, 0.4) is 0 Å². The molecule has 0 aliphatic heterocycles. The van der Waals surface area contributed by atoms with Crippen LogP contribution in [0.4, 0.5) is 0 Å². The second-order valence-electron chi connectivity index (χ2n) is 2.12. The fraction of sp³-hybridized carbons (Fsp3) is 0.500. The first kappa shape index (κ1) is 39.4. The van der Waals surface area contributed by atoms with Crippen LogP contribution in [0.15, 0.2) is 0 Å². The summed E-state index contributed by atoms with van der Waals surface area (Å²) in [5.41, 5.74) is 0. The van der Waals surface area contributed by atoms with Gasteiger partial charge in [0.1, 0.15) is 0 Å². The van der Waals surface area contributed by atoms with Crippen molar-refractivity contribution in [3.8, 4) is 0 Å². The molecule has 120 valence electrons. The Morgan fingerprint density at radius 3 is 0.545 bits per heavy atom. The third-order valence-corrected chi connectivity index (χ3v) is 1.55. The van der Waals surface area contributed by atoms with Crippen LogP contribution in [0.25, 0.3) is 0 Å². The molecule has 0 N–H and O–H groups in total. The average molecular weight is 540 g/mol. The average Bonchev–Trinajstić information content (AvgIpc) is 2.40. The molecule has 0 aromatic carbocycles. The quantitative estimate of drug-likeness (QED) is 0.203. The number of carboxylic acid groups (broad SMARTS) is 4. The van der Waals surface area contributed by atoms with Gasteiger partial charge in [0.2, 0.25) is 0 Å². The SMILES string of the molecule is O=C([O-])CS.O=C([O-])CS.O=C([O-])CS.O=C([O-])CS.[Sr+2].[Sr+2]. The third-order valence-electron chi connectivity index (χ3n) is 0.516. The van der Waals surface area contributed by atoms with Crippen LogP contribution in [-0.2, 0) is 19.2 Å². The minimum absolute atomic E-state index is 0. The molecule has 0 rings (SSSR count). The van der Waals surface area contributed by atoms with E-state index in [-0.39, 0.29) is 114 Å². The number of carbonyl (C=O) groups is 4. The first-order chi connectivity index (χ1) is 9.08. The predicted octanol–water partition coefficient (Wildman–Crippen LogP) is -6.10. The van der Waals surface area contributed by atoms with Crippen molar-refractivity contribution in [2.24, 2.45) is 0 Å². The van der Waals surface area contributed by atoms with Crippen LogP contribution in [0.5, 0.6) is 0 Å². The second-order valence-corrected chi connectivity index (χ2v) is 3.39. The maximum absolute atomic E-state index is 9.18. The van der Waals surface area contributed by atoms with Crippen LogP contribution in [-0.4, -0.2) is 138 Å². The van der Waals surface area contributed by atoms with Crippen molar-refractivity contribution >= 4 is 165 Å². The summed E-state index contributed by atoms with van der Waals surface area (Å²) in [4.78, 5) is 36.7. The molecule has 0 aliphatic rings. The van der Waals surface area contributed by atoms with Crippen molar-refractivity contribution in [1.29, 1.82) is 0 Å². The monoisotopic (exact) mass is 540 g/mol. The maximum atomic E-state index is 9.18. The van der Waals surface area contributed by atoms with E-state index < -0.39 is 23.9 Å². The molecule has 8 nitrogen and oxygen atoms in total. The molecule has 14 heteroatoms. The molecule has 0 heterocycles. The molecule has 0 aliphatic carbocycles. The molecular weight excluding hydrogens is 528 g/mol. The van der Waals surface area contributed by atoms with E-state index in [9.17, 15) is 39.6 Å². The standard InChI is InChI=1S/4C2H4O2S.2Sr/c4*3-2(4)1-5;;/h4*5H,1H2,(H,3,4);;/q;;;;2*+2/p-4. The molecule has 0 atom stereocenters. The molecule has 22 heavy (non-hydrogen) atoms. The summed E-state index contributed by atoms with van der Waals surface area (Å²) in [6.07, 6.45) is 0. The topological polar surface area (TPSA) is 161 Å². The van der Waals surface area contributed by atoms with E-state index in [0.717, 1.165) is 0 Å². The molecule has 0 fully saturated rings. The van der Waals surface area contributed by atoms with Crippen molar-refractivity contribution in [2.45, 2.75) is 0 Å². The predicted molar refractivity (Wildman–Crippen MR) is 86.9 cm³/mol. The molecule has 0 bridgehead atoms. The van der Waals surface area contributed by atoms with Gasteiger partial charge in [0.05, 0.1) is 23.9 Å². The van der Waals surface area contributed by atoms with Gasteiger partial charge in [-0.1, -0.05) is 0 Å². The third kappa shape index (κ3) is 95.7. The normalized spacial score (nSPS) is 6.73. The van der Waals surface area contributed by atoms with E-state index >= 15 is 0 Å². The van der Waals surface area contributed by atoms with Crippen LogP contribution < -0.4 is 20.4 Å². The number of aliphatic carboxylic acids is 4. The van der Waals surface area contributed by atoms with Crippen molar-refractivity contribution in [3.05, 3.63) is 0 Å². The summed E-state index contributed by atoms with van der Waals surface area (Å²) >= 11 is 13.4. The van der Waals surface area contributed by atoms with Gasteiger partial charge in [-0.05, 0) is 0 Å². The molecule has 0 spiro atoms. The number of rotatable bonds is 4. The maximum Gasteiger partial charge on any atom is 2.00 e. The molecule has 0 saturated heterocycles. The van der Waals surface area contributed by atoms with Gasteiger partial charge < -0.3 is 39.6 Å². The van der Waals surface area contributed by atoms with Gasteiger partial charge in [-0.25, -0.2) is 0 Å². The van der Waals surface area contributed by atoms with E-state index in [2.05, 4.69) is 50.5 Å². The molecule has 0 saturated carbocycles. The fourth-order valence-corrected chi connectivity index (χ4v) is 0. The number of carbonyl (C=O) groups excluding carboxylic acids is 4. The first-order valence-electron chi connectivity index (χ1n) is 4.31. The second kappa shape index (κ2) is 34.6. The van der Waals surface area contributed by atoms with E-state index in [1.54, 1.807) is 0 Å². The van der Waals surface area contributed by atoms with Gasteiger partial charge in [0.15, 0.2) is 0 Å². The largest absolute Gasteiger partial charge is 2.00 e. The number of hydrogen-bond donors (Lipinski definition) is 4. The first-order valence-corrected chi connectivity index (χ1v) is 6.84. The summed E-state index contributed by atoms with van der Waals surface area (Å²) in [6, 6.07) is 0. The summed E-state index contributed by atoms with van der Waals surface area (Å²) in [7, 11) is 0. The number of carboxylic acids is 4. The van der Waals surface area contributed by atoms with E-state index in [4.69, 9.17) is 0 Å². The zero-order chi connectivity index (χ0) is 17.1. The minimum atomic E-state index is -1.13. The van der Waals surface area contributed by atoms with Gasteiger partial charge in [-0.15, -0.1) is 0 Å². The van der Waals surface area contributed by atoms with Crippen molar-refractivity contribution in [2.75, 3.05) is 23.0 Å². The van der Waals surface area contributed by atoms with Gasteiger partial charge >= 0.3 is 91.0 Å². The van der Waals surface area contributed by atoms with Crippen molar-refractivity contribution in [1.82, 2.24) is 0 Å². The molecule has 0 aromatic heterocycles. The fourth-order valence-electron chi connectivity index (χ4n) is 0. The summed E-state index contributed by atoms with van der Waals surface area (Å²) in [5, 5.41) is 36.7. The van der Waals surface area contributed by atoms with Gasteiger partial charge in [0, 0.05) is 23.0 Å². The van der Waals surface area contributed by atoms with Gasteiger partial charge in [-0.2, -0.15) is 50.5 Å². The Morgan fingerprint density at radius 1 is 0.500 bits per heavy atom. The smallest absolute Gasteiger partial charge is 0.549 e. The van der Waals surface area contributed by atoms with Gasteiger partial charge in [0.25, 0.3) is 0 Å². The van der Waals surface area contributed by atoms with Gasteiger partial charge in [-0.3, -0.25) is 0 Å². The zero-order valence-electron chi connectivity index (χ0n) is 11.3. The Morgan fingerprint density at radius 2 is 0.545 bits per heavy atom. The summed E-state index contributed by atoms with van der Waals surface area (Å²) < 4.78 is 0. The number of thiol groups is 4. The van der Waals surface area contributed by atoms with E-state index in [1.165, 1.54) is 0 Å². The van der Waals surface area contributed by atoms with Crippen LogP contribution in [0.2, 0.25) is 0 Å². The zero-order valence-corrected chi connectivity index (χ0v) is 21.8.